The van der Waals surface area contributed by atoms with E-state index in [9.17, 15) is 26.3 Å². The Labute approximate surface area is 68.4 Å². The highest BCUT2D eigenvalue weighted by molar-refractivity contribution is 4.92. The van der Waals surface area contributed by atoms with Gasteiger partial charge >= 0.3 is 18.1 Å². The van der Waals surface area contributed by atoms with Crippen LogP contribution in [0.3, 0.4) is 0 Å². The van der Waals surface area contributed by atoms with Crippen molar-refractivity contribution in [3.8, 4) is 0 Å². The second-order valence-electron chi connectivity index (χ2n) is 2.21. The average molecular weight is 209 g/mol. The molecule has 0 atom stereocenters. The lowest BCUT2D eigenvalue weighted by molar-refractivity contribution is -0.437. The summed E-state index contributed by atoms with van der Waals surface area (Å²) in [5, 5.41) is 0. The van der Waals surface area contributed by atoms with Crippen LogP contribution in [0.2, 0.25) is 0 Å². The van der Waals surface area contributed by atoms with E-state index in [1.165, 1.54) is 0 Å². The third kappa shape index (κ3) is 1.48. The van der Waals surface area contributed by atoms with E-state index in [0.717, 1.165) is 0 Å². The lowest BCUT2D eigenvalue weighted by Gasteiger charge is -2.30. The van der Waals surface area contributed by atoms with Gasteiger partial charge in [-0.05, 0) is 0 Å². The van der Waals surface area contributed by atoms with Crippen LogP contribution in [0.5, 0.6) is 0 Å². The molecule has 0 aromatic carbocycles. The molecule has 13 heavy (non-hydrogen) atoms. The molecule has 0 unspecified atom stereocenters. The maximum absolute atomic E-state index is 11.9. The van der Waals surface area contributed by atoms with E-state index >= 15 is 0 Å². The summed E-state index contributed by atoms with van der Waals surface area (Å²) in [7, 11) is 0. The summed E-state index contributed by atoms with van der Waals surface area (Å²) in [6, 6.07) is 0. The molecule has 1 aliphatic heterocycles. The van der Waals surface area contributed by atoms with Gasteiger partial charge in [0.2, 0.25) is 0 Å². The molecule has 1 heterocycles. The molecule has 8 heteroatoms. The number of rotatable bonds is 0. The van der Waals surface area contributed by atoms with Gasteiger partial charge in [-0.25, -0.2) is 0 Å². The van der Waals surface area contributed by atoms with Crippen LogP contribution in [0.1, 0.15) is 0 Å². The van der Waals surface area contributed by atoms with Gasteiger partial charge in [-0.1, -0.05) is 0 Å². The third-order valence-corrected chi connectivity index (χ3v) is 1.35. The Balaban J connectivity index is 3.02. The van der Waals surface area contributed by atoms with Crippen LogP contribution >= 0.6 is 0 Å². The van der Waals surface area contributed by atoms with Crippen LogP contribution in [0.15, 0.2) is 0 Å². The van der Waals surface area contributed by atoms with E-state index in [1.54, 1.807) is 0 Å². The van der Waals surface area contributed by atoms with Gasteiger partial charge in [0.05, 0.1) is 6.61 Å². The van der Waals surface area contributed by atoms with Gasteiger partial charge in [0.25, 0.3) is 0 Å². The van der Waals surface area contributed by atoms with E-state index in [0.29, 0.717) is 6.61 Å². The topological polar surface area (TPSA) is 18.5 Å². The van der Waals surface area contributed by atoms with Crippen LogP contribution in [0.4, 0.5) is 26.3 Å². The summed E-state index contributed by atoms with van der Waals surface area (Å²) < 4.78 is 78.5. The number of hydrogen-bond donors (Lipinski definition) is 0. The zero-order chi connectivity index (χ0) is 10.3. The van der Waals surface area contributed by atoms with Gasteiger partial charge in [0.15, 0.2) is 0 Å². The maximum atomic E-state index is 11.9. The Bertz CT molecular complexity index is 172. The standard InChI is InChI=1S/C5H3F6O2/c6-4(7,8)3(5(9,10)11)12-1-2-13-3/h1H,2H2. The summed E-state index contributed by atoms with van der Waals surface area (Å²) >= 11 is 0. The molecular formula is C5H3F6O2. The first-order valence-electron chi connectivity index (χ1n) is 2.97. The average Bonchev–Trinajstić information content (AvgIpc) is 2.28. The zero-order valence-electron chi connectivity index (χ0n) is 5.87. The van der Waals surface area contributed by atoms with Crippen molar-refractivity contribution in [1.82, 2.24) is 0 Å². The van der Waals surface area contributed by atoms with Crippen molar-refractivity contribution in [1.29, 1.82) is 0 Å². The van der Waals surface area contributed by atoms with E-state index in [2.05, 4.69) is 9.47 Å². The molecule has 1 rings (SSSR count). The van der Waals surface area contributed by atoms with E-state index in [1.807, 2.05) is 0 Å². The Morgan fingerprint density at radius 2 is 1.46 bits per heavy atom. The Hall–Kier alpha value is -0.500. The second-order valence-corrected chi connectivity index (χ2v) is 2.21. The van der Waals surface area contributed by atoms with E-state index in [-0.39, 0.29) is 0 Å². The van der Waals surface area contributed by atoms with Gasteiger partial charge < -0.3 is 9.47 Å². The highest BCUT2D eigenvalue weighted by Gasteiger charge is 2.76. The largest absolute Gasteiger partial charge is 0.453 e. The summed E-state index contributed by atoms with van der Waals surface area (Å²) in [6.07, 6.45) is -11.3. The van der Waals surface area contributed by atoms with Crippen LogP contribution in [0, 0.1) is 6.61 Å². The lowest BCUT2D eigenvalue weighted by Crippen LogP contribution is -2.57. The first-order chi connectivity index (χ1) is 5.71. The van der Waals surface area contributed by atoms with Crippen molar-refractivity contribution in [2.45, 2.75) is 18.1 Å². The third-order valence-electron chi connectivity index (χ3n) is 1.35. The fourth-order valence-corrected chi connectivity index (χ4v) is 0.795. The molecule has 0 aliphatic carbocycles. The first-order valence-corrected chi connectivity index (χ1v) is 2.97. The van der Waals surface area contributed by atoms with Crippen molar-refractivity contribution < 1.29 is 35.8 Å². The van der Waals surface area contributed by atoms with Gasteiger partial charge in [0.1, 0.15) is 6.61 Å². The number of hydrogen-bond acceptors (Lipinski definition) is 2. The minimum Gasteiger partial charge on any atom is -0.333 e. The quantitative estimate of drug-likeness (QED) is 0.568. The molecule has 0 saturated carbocycles. The van der Waals surface area contributed by atoms with Crippen LogP contribution < -0.4 is 0 Å². The van der Waals surface area contributed by atoms with Crippen molar-refractivity contribution in [3.63, 3.8) is 0 Å². The predicted molar refractivity (Wildman–Crippen MR) is 26.2 cm³/mol. The monoisotopic (exact) mass is 209 g/mol. The van der Waals surface area contributed by atoms with Crippen LogP contribution in [-0.2, 0) is 9.47 Å². The minimum absolute atomic E-state index is 0.320. The Kier molecular flexibility index (Phi) is 2.23. The van der Waals surface area contributed by atoms with Crippen LogP contribution in [-0.4, -0.2) is 24.7 Å². The normalized spacial score (nSPS) is 23.5. The van der Waals surface area contributed by atoms with Gasteiger partial charge in [-0.2, -0.15) is 26.3 Å². The first kappa shape index (κ1) is 10.6. The highest BCUT2D eigenvalue weighted by Crippen LogP contribution is 2.49. The summed E-state index contributed by atoms with van der Waals surface area (Å²) in [5.41, 5.74) is 0. The molecule has 0 aromatic rings. The molecule has 0 bridgehead atoms. The lowest BCUT2D eigenvalue weighted by atomic mass is 10.2. The molecule has 2 nitrogen and oxygen atoms in total. The van der Waals surface area contributed by atoms with Crippen LogP contribution in [0.25, 0.3) is 0 Å². The summed E-state index contributed by atoms with van der Waals surface area (Å²) in [6.45, 7) is -0.528. The van der Waals surface area contributed by atoms with Crippen molar-refractivity contribution in [3.05, 3.63) is 6.61 Å². The van der Waals surface area contributed by atoms with Gasteiger partial charge in [0, 0.05) is 0 Å². The predicted octanol–water partition coefficient (Wildman–Crippen LogP) is 2.02. The van der Waals surface area contributed by atoms with E-state index in [4.69, 9.17) is 0 Å². The summed E-state index contributed by atoms with van der Waals surface area (Å²) in [5.74, 6) is -4.49. The SMILES string of the molecule is FC(F)(F)C1(C(F)(F)F)O[CH]CO1. The zero-order valence-corrected chi connectivity index (χ0v) is 5.87. The maximum Gasteiger partial charge on any atom is 0.453 e. The second kappa shape index (κ2) is 2.74. The molecule has 0 N–H and O–H groups in total. The molecule has 0 spiro atoms. The smallest absolute Gasteiger partial charge is 0.333 e. The van der Waals surface area contributed by atoms with Crippen molar-refractivity contribution in [2.75, 3.05) is 6.61 Å². The number of alkyl halides is 6. The molecule has 1 aliphatic rings. The summed E-state index contributed by atoms with van der Waals surface area (Å²) in [4.78, 5) is 0. The Morgan fingerprint density at radius 3 is 1.62 bits per heavy atom. The molecule has 77 valence electrons. The van der Waals surface area contributed by atoms with Gasteiger partial charge in [-0.3, -0.25) is 0 Å². The molecular weight excluding hydrogens is 206 g/mol. The minimum atomic E-state index is -5.64. The van der Waals surface area contributed by atoms with Crippen molar-refractivity contribution >= 4 is 0 Å². The number of ether oxygens (including phenoxy) is 2. The highest BCUT2D eigenvalue weighted by atomic mass is 19.4. The van der Waals surface area contributed by atoms with E-state index < -0.39 is 24.7 Å². The number of halogens is 6. The Morgan fingerprint density at radius 1 is 1.00 bits per heavy atom. The van der Waals surface area contributed by atoms with Gasteiger partial charge in [-0.15, -0.1) is 0 Å². The molecule has 1 radical (unpaired) electrons. The molecule has 1 fully saturated rings. The molecule has 1 saturated heterocycles. The fourth-order valence-electron chi connectivity index (χ4n) is 0.795. The van der Waals surface area contributed by atoms with Crippen molar-refractivity contribution in [2.24, 2.45) is 0 Å². The molecule has 0 aromatic heterocycles. The molecule has 0 amide bonds. The fraction of sp³-hybridized carbons (Fsp3) is 0.800.